The zero-order valence-electron chi connectivity index (χ0n) is 9.05. The molecule has 0 fully saturated rings. The fraction of sp³-hybridized carbons (Fsp3) is 1.00. The molecule has 0 bridgehead atoms. The zero-order chi connectivity index (χ0) is 9.78. The van der Waals surface area contributed by atoms with Gasteiger partial charge in [-0.05, 0) is 18.3 Å². The number of aliphatic hydroxyl groups excluding tert-OH is 2. The second-order valence-electron chi connectivity index (χ2n) is 4.56. The summed E-state index contributed by atoms with van der Waals surface area (Å²) in [5, 5.41) is 19.0. The van der Waals surface area contributed by atoms with E-state index in [1.54, 1.807) is 0 Å². The second kappa shape index (κ2) is 7.75. The fourth-order valence-electron chi connectivity index (χ4n) is 1.06. The quantitative estimate of drug-likeness (QED) is 0.829. The molecule has 81 valence electrons. The molecule has 0 aromatic carbocycles. The molecule has 13 heavy (non-hydrogen) atoms. The molecule has 0 saturated carbocycles. The van der Waals surface area contributed by atoms with Gasteiger partial charge in [-0.2, -0.15) is 0 Å². The van der Waals surface area contributed by atoms with Crippen molar-refractivity contribution in [2.75, 3.05) is 0 Å². The van der Waals surface area contributed by atoms with Gasteiger partial charge in [0.25, 0.3) is 0 Å². The maximum absolute atomic E-state index is 9.62. The Bertz CT molecular complexity index is 121. The molecule has 0 rings (SSSR count). The molecule has 0 amide bonds. The molecule has 2 unspecified atom stereocenters. The molecule has 2 N–H and O–H groups in total. The fourth-order valence-corrected chi connectivity index (χ4v) is 1.06. The average molecular weight is 326 g/mol. The van der Waals surface area contributed by atoms with Gasteiger partial charge in [-0.1, -0.05) is 34.1 Å². The Hall–Kier alpha value is 1.50. The molecular formula is C10H22EuO2. The van der Waals surface area contributed by atoms with Crippen molar-refractivity contribution >= 4 is 0 Å². The first kappa shape index (κ1) is 16.9. The molecule has 0 aliphatic carbocycles. The molecule has 0 aromatic heterocycles. The van der Waals surface area contributed by atoms with Gasteiger partial charge >= 0.3 is 0 Å². The Labute approximate surface area is 123 Å². The van der Waals surface area contributed by atoms with Gasteiger partial charge in [0.05, 0.1) is 12.2 Å². The topological polar surface area (TPSA) is 40.5 Å². The summed E-state index contributed by atoms with van der Waals surface area (Å²) in [6.07, 6.45) is 1.51. The Kier molecular flexibility index (Phi) is 10.1. The molecule has 0 aromatic rings. The van der Waals surface area contributed by atoms with Gasteiger partial charge in [-0.3, -0.25) is 0 Å². The Morgan fingerprint density at radius 3 is 1.92 bits per heavy atom. The minimum atomic E-state index is -0.404. The average Bonchev–Trinajstić information content (AvgIpc) is 1.85. The molecule has 0 aliphatic rings. The molecule has 1 radical (unpaired) electrons. The van der Waals surface area contributed by atoms with Crippen molar-refractivity contribution in [2.45, 2.75) is 59.2 Å². The van der Waals surface area contributed by atoms with Gasteiger partial charge in [0, 0.05) is 49.4 Å². The summed E-state index contributed by atoms with van der Waals surface area (Å²) in [7, 11) is 0. The van der Waals surface area contributed by atoms with Crippen LogP contribution in [-0.2, 0) is 0 Å². The van der Waals surface area contributed by atoms with Crippen molar-refractivity contribution in [1.82, 2.24) is 0 Å². The normalized spacial score (nSPS) is 16.2. The first-order chi connectivity index (χ1) is 5.38. The van der Waals surface area contributed by atoms with E-state index in [0.29, 0.717) is 6.42 Å². The first-order valence-corrected chi connectivity index (χ1v) is 4.74. The van der Waals surface area contributed by atoms with Gasteiger partial charge in [-0.25, -0.2) is 0 Å². The van der Waals surface area contributed by atoms with E-state index in [-0.39, 0.29) is 60.9 Å². The molecule has 2 nitrogen and oxygen atoms in total. The SMILES string of the molecule is CCCC(O)CC(O)C(C)(C)C.[Eu]. The van der Waals surface area contributed by atoms with Gasteiger partial charge in [-0.15, -0.1) is 0 Å². The molecule has 0 spiro atoms. The minimum absolute atomic E-state index is 0. The second-order valence-corrected chi connectivity index (χ2v) is 4.56. The van der Waals surface area contributed by atoms with E-state index >= 15 is 0 Å². The Morgan fingerprint density at radius 2 is 1.62 bits per heavy atom. The monoisotopic (exact) mass is 327 g/mol. The number of hydrogen-bond donors (Lipinski definition) is 2. The molecule has 0 heterocycles. The van der Waals surface area contributed by atoms with Crippen LogP contribution in [0.25, 0.3) is 0 Å². The van der Waals surface area contributed by atoms with Crippen molar-refractivity contribution in [3.63, 3.8) is 0 Å². The third-order valence-electron chi connectivity index (χ3n) is 2.12. The molecule has 2 atom stereocenters. The minimum Gasteiger partial charge on any atom is -0.393 e. The van der Waals surface area contributed by atoms with Gasteiger partial charge in [0.15, 0.2) is 0 Å². The Balaban J connectivity index is 0. The largest absolute Gasteiger partial charge is 0.393 e. The number of aliphatic hydroxyl groups is 2. The smallest absolute Gasteiger partial charge is 0.0613 e. The van der Waals surface area contributed by atoms with Crippen LogP contribution in [0.15, 0.2) is 0 Å². The zero-order valence-corrected chi connectivity index (χ0v) is 11.5. The van der Waals surface area contributed by atoms with Crippen molar-refractivity contribution in [3.8, 4) is 0 Å². The van der Waals surface area contributed by atoms with Crippen LogP contribution in [0.1, 0.15) is 47.0 Å². The first-order valence-electron chi connectivity index (χ1n) is 4.74. The summed E-state index contributed by atoms with van der Waals surface area (Å²) in [6.45, 7) is 7.98. The molecular weight excluding hydrogens is 304 g/mol. The van der Waals surface area contributed by atoms with E-state index in [0.717, 1.165) is 12.8 Å². The van der Waals surface area contributed by atoms with Crippen LogP contribution in [0.3, 0.4) is 0 Å². The molecule has 0 saturated heterocycles. The van der Waals surface area contributed by atoms with Crippen LogP contribution >= 0.6 is 0 Å². The third kappa shape index (κ3) is 8.50. The maximum atomic E-state index is 9.62. The van der Waals surface area contributed by atoms with Crippen molar-refractivity contribution in [1.29, 1.82) is 0 Å². The van der Waals surface area contributed by atoms with E-state index < -0.39 is 6.10 Å². The summed E-state index contributed by atoms with van der Waals surface area (Å²) in [5.74, 6) is 0. The van der Waals surface area contributed by atoms with Crippen LogP contribution in [0.2, 0.25) is 0 Å². The number of rotatable bonds is 4. The summed E-state index contributed by atoms with van der Waals surface area (Å²) < 4.78 is 0. The van der Waals surface area contributed by atoms with Crippen LogP contribution in [0, 0.1) is 54.8 Å². The summed E-state index contributed by atoms with van der Waals surface area (Å²) in [5.41, 5.74) is -0.116. The molecule has 0 aliphatic heterocycles. The summed E-state index contributed by atoms with van der Waals surface area (Å²) in [6, 6.07) is 0. The van der Waals surface area contributed by atoms with Crippen molar-refractivity contribution in [2.24, 2.45) is 5.41 Å². The van der Waals surface area contributed by atoms with E-state index in [2.05, 4.69) is 0 Å². The van der Waals surface area contributed by atoms with E-state index in [4.69, 9.17) is 0 Å². The maximum Gasteiger partial charge on any atom is 0.0613 e. The standard InChI is InChI=1S/C10H22O2.Eu/c1-5-6-8(11)7-9(12)10(2,3)4;/h8-9,11-12H,5-7H2,1-4H3;. The van der Waals surface area contributed by atoms with Crippen LogP contribution in [0.5, 0.6) is 0 Å². The van der Waals surface area contributed by atoms with Gasteiger partial charge < -0.3 is 10.2 Å². The molecule has 3 heteroatoms. The van der Waals surface area contributed by atoms with Crippen LogP contribution < -0.4 is 0 Å². The van der Waals surface area contributed by atoms with E-state index in [1.165, 1.54) is 0 Å². The van der Waals surface area contributed by atoms with E-state index in [1.807, 2.05) is 27.7 Å². The van der Waals surface area contributed by atoms with Crippen LogP contribution in [-0.4, -0.2) is 22.4 Å². The van der Waals surface area contributed by atoms with Gasteiger partial charge in [0.1, 0.15) is 0 Å². The Morgan fingerprint density at radius 1 is 1.15 bits per heavy atom. The van der Waals surface area contributed by atoms with Crippen molar-refractivity contribution in [3.05, 3.63) is 0 Å². The summed E-state index contributed by atoms with van der Waals surface area (Å²) >= 11 is 0. The predicted octanol–water partition coefficient (Wildman–Crippen LogP) is 1.94. The predicted molar refractivity (Wildman–Crippen MR) is 51.0 cm³/mol. The third-order valence-corrected chi connectivity index (χ3v) is 2.12. The van der Waals surface area contributed by atoms with Gasteiger partial charge in [0.2, 0.25) is 0 Å². The van der Waals surface area contributed by atoms with E-state index in [9.17, 15) is 10.2 Å². The summed E-state index contributed by atoms with van der Waals surface area (Å²) in [4.78, 5) is 0. The van der Waals surface area contributed by atoms with Crippen molar-refractivity contribution < 1.29 is 59.6 Å². The number of hydrogen-bond acceptors (Lipinski definition) is 2. The van der Waals surface area contributed by atoms with Crippen LogP contribution in [0.4, 0.5) is 0 Å².